The molecule has 0 N–H and O–H groups in total. The second-order valence-corrected chi connectivity index (χ2v) is 7.96. The lowest BCUT2D eigenvalue weighted by Gasteiger charge is -2.27. The molecule has 0 amide bonds. The second-order valence-electron chi connectivity index (χ2n) is 7.96. The summed E-state index contributed by atoms with van der Waals surface area (Å²) >= 11 is 0. The smallest absolute Gasteiger partial charge is 0.248 e. The van der Waals surface area contributed by atoms with Gasteiger partial charge in [0.25, 0.3) is 0 Å². The molecule has 0 bridgehead atoms. The van der Waals surface area contributed by atoms with Gasteiger partial charge < -0.3 is 9.94 Å². The van der Waals surface area contributed by atoms with Crippen LogP contribution in [0.15, 0.2) is 54.6 Å². The van der Waals surface area contributed by atoms with Crippen LogP contribution in [0.2, 0.25) is 0 Å². The summed E-state index contributed by atoms with van der Waals surface area (Å²) in [5, 5.41) is 25.8. The molecular weight excluding hydrogens is 364 g/mol. The van der Waals surface area contributed by atoms with Gasteiger partial charge in [0.05, 0.1) is 7.11 Å². The van der Waals surface area contributed by atoms with Gasteiger partial charge in [0.1, 0.15) is 11.3 Å². The van der Waals surface area contributed by atoms with Crippen molar-refractivity contribution < 1.29 is 14.7 Å². The van der Waals surface area contributed by atoms with Crippen LogP contribution in [0.25, 0.3) is 6.08 Å². The molecule has 0 atom stereocenters. The molecule has 1 heterocycles. The van der Waals surface area contributed by atoms with Crippen LogP contribution < -0.4 is 4.74 Å². The van der Waals surface area contributed by atoms with Gasteiger partial charge in [0.2, 0.25) is 11.4 Å². The van der Waals surface area contributed by atoms with Crippen LogP contribution in [0.3, 0.4) is 0 Å². The zero-order valence-corrected chi connectivity index (χ0v) is 17.4. The Morgan fingerprint density at radius 3 is 1.90 bits per heavy atom. The predicted molar refractivity (Wildman–Crippen MR) is 114 cm³/mol. The third-order valence-electron chi connectivity index (χ3n) is 5.13. The zero-order valence-electron chi connectivity index (χ0n) is 17.4. The van der Waals surface area contributed by atoms with Crippen molar-refractivity contribution in [2.24, 2.45) is 0 Å². The number of ether oxygens (including phenoxy) is 1. The summed E-state index contributed by atoms with van der Waals surface area (Å²) in [6.45, 7) is 6.78. The molecule has 1 radical (unpaired) electrons. The molecule has 0 aromatic heterocycles. The Labute approximate surface area is 172 Å². The van der Waals surface area contributed by atoms with Gasteiger partial charge in [0.15, 0.2) is 0 Å². The predicted octanol–water partition coefficient (Wildman–Crippen LogP) is 4.24. The van der Waals surface area contributed by atoms with E-state index in [0.29, 0.717) is 5.71 Å². The van der Waals surface area contributed by atoms with Gasteiger partial charge in [-0.2, -0.15) is 4.74 Å². The molecular formula is C24H25N2O3. The van der Waals surface area contributed by atoms with Gasteiger partial charge in [-0.1, -0.05) is 29.0 Å². The van der Waals surface area contributed by atoms with Crippen molar-refractivity contribution in [3.8, 4) is 17.6 Å². The minimum Gasteiger partial charge on any atom is -0.622 e. The Hall–Kier alpha value is -3.07. The van der Waals surface area contributed by atoms with Gasteiger partial charge in [0, 0.05) is 31.1 Å². The average molecular weight is 389 g/mol. The van der Waals surface area contributed by atoms with E-state index in [1.807, 2.05) is 54.6 Å². The first-order valence-corrected chi connectivity index (χ1v) is 9.43. The lowest BCUT2D eigenvalue weighted by molar-refractivity contribution is -0.586. The molecule has 1 aliphatic heterocycles. The molecule has 0 unspecified atom stereocenters. The number of hydroxylamine groups is 3. The van der Waals surface area contributed by atoms with E-state index in [2.05, 4.69) is 11.8 Å². The number of methoxy groups -OCH3 is 1. The Kier molecular flexibility index (Phi) is 5.52. The van der Waals surface area contributed by atoms with Gasteiger partial charge in [-0.3, -0.25) is 0 Å². The van der Waals surface area contributed by atoms with Crippen molar-refractivity contribution in [3.05, 3.63) is 76.5 Å². The fourth-order valence-electron chi connectivity index (χ4n) is 3.36. The van der Waals surface area contributed by atoms with Crippen molar-refractivity contribution in [1.82, 2.24) is 5.06 Å². The Morgan fingerprint density at radius 2 is 1.45 bits per heavy atom. The average Bonchev–Trinajstić information content (AvgIpc) is 2.83. The maximum Gasteiger partial charge on any atom is 0.248 e. The van der Waals surface area contributed by atoms with Crippen molar-refractivity contribution in [3.63, 3.8) is 0 Å². The Balaban J connectivity index is 1.76. The monoisotopic (exact) mass is 389 g/mol. The molecule has 0 saturated carbocycles. The van der Waals surface area contributed by atoms with Gasteiger partial charge >= 0.3 is 0 Å². The number of rotatable bonds is 3. The van der Waals surface area contributed by atoms with Crippen molar-refractivity contribution in [2.75, 3.05) is 7.11 Å². The van der Waals surface area contributed by atoms with E-state index in [1.54, 1.807) is 40.9 Å². The third kappa shape index (κ3) is 4.04. The largest absolute Gasteiger partial charge is 0.622 e. The molecule has 1 aliphatic rings. The first-order chi connectivity index (χ1) is 13.7. The van der Waals surface area contributed by atoms with E-state index in [9.17, 15) is 10.4 Å². The molecule has 29 heavy (non-hydrogen) atoms. The second kappa shape index (κ2) is 7.75. The highest BCUT2D eigenvalue weighted by Crippen LogP contribution is 2.33. The highest BCUT2D eigenvalue weighted by molar-refractivity contribution is 6.02. The molecule has 2 aromatic carbocycles. The first kappa shape index (κ1) is 20.7. The maximum absolute atomic E-state index is 12.5. The van der Waals surface area contributed by atoms with Crippen LogP contribution in [-0.2, 0) is 5.21 Å². The van der Waals surface area contributed by atoms with E-state index in [0.717, 1.165) is 32.2 Å². The van der Waals surface area contributed by atoms with Crippen LogP contribution in [0.5, 0.6) is 5.75 Å². The van der Waals surface area contributed by atoms with E-state index < -0.39 is 11.2 Å². The lowest BCUT2D eigenvalue weighted by Crippen LogP contribution is -2.50. The van der Waals surface area contributed by atoms with Gasteiger partial charge in [-0.25, -0.2) is 0 Å². The fraction of sp³-hybridized carbons (Fsp3) is 0.292. The SMILES string of the molecule is COc1ccc(C#Cc2ccc(/C=C/C3=[N+]([O-])C(C)(C)N([O])C3(C)C)cc2)cc1. The normalized spacial score (nSPS) is 18.0. The summed E-state index contributed by atoms with van der Waals surface area (Å²) in [6.07, 6.45) is 3.57. The van der Waals surface area contributed by atoms with Crippen LogP contribution >= 0.6 is 0 Å². The van der Waals surface area contributed by atoms with E-state index >= 15 is 0 Å². The minimum atomic E-state index is -1.12. The minimum absolute atomic E-state index is 0.445. The molecule has 0 spiro atoms. The standard InChI is InChI=1S/C24H25N2O3/c1-23(2)22(25(27)24(3,4)26(23)28)17-14-19-9-6-18(7-10-19)8-11-20-12-15-21(29-5)16-13-20/h6-7,9-10,12-17H,1-5H3/b17-14+. The summed E-state index contributed by atoms with van der Waals surface area (Å²) in [4.78, 5) is 0. The van der Waals surface area contributed by atoms with Crippen molar-refractivity contribution in [1.29, 1.82) is 0 Å². The lowest BCUT2D eigenvalue weighted by atomic mass is 9.97. The summed E-state index contributed by atoms with van der Waals surface area (Å²) < 4.78 is 5.94. The molecule has 0 aliphatic carbocycles. The molecule has 5 nitrogen and oxygen atoms in total. The summed E-state index contributed by atoms with van der Waals surface area (Å²) in [6, 6.07) is 15.3. The third-order valence-corrected chi connectivity index (χ3v) is 5.13. The number of nitrogens with zero attached hydrogens (tertiary/aromatic N) is 2. The number of hydrogen-bond acceptors (Lipinski definition) is 3. The highest BCUT2D eigenvalue weighted by atomic mass is 16.6. The fourth-order valence-corrected chi connectivity index (χ4v) is 3.36. The molecule has 0 fully saturated rings. The summed E-state index contributed by atoms with van der Waals surface area (Å²) in [7, 11) is 1.63. The van der Waals surface area contributed by atoms with E-state index in [1.165, 1.54) is 0 Å². The molecule has 5 heteroatoms. The molecule has 0 saturated heterocycles. The van der Waals surface area contributed by atoms with E-state index in [4.69, 9.17) is 4.74 Å². The van der Waals surface area contributed by atoms with Gasteiger partial charge in [-0.05, 0) is 61.9 Å². The number of hydrogen-bond donors (Lipinski definition) is 0. The quantitative estimate of drug-likeness (QED) is 0.448. The summed E-state index contributed by atoms with van der Waals surface area (Å²) in [5.41, 5.74) is 1.18. The molecule has 2 aromatic rings. The number of benzene rings is 2. The molecule has 3 rings (SSSR count). The Morgan fingerprint density at radius 1 is 0.931 bits per heavy atom. The van der Waals surface area contributed by atoms with E-state index in [-0.39, 0.29) is 0 Å². The van der Waals surface area contributed by atoms with Crippen molar-refractivity contribution in [2.45, 2.75) is 38.9 Å². The maximum atomic E-state index is 12.5. The van der Waals surface area contributed by atoms with Crippen LogP contribution in [0.4, 0.5) is 0 Å². The van der Waals surface area contributed by atoms with Crippen molar-refractivity contribution >= 4 is 11.8 Å². The van der Waals surface area contributed by atoms with Crippen LogP contribution in [0, 0.1) is 17.0 Å². The van der Waals surface area contributed by atoms with Crippen LogP contribution in [-0.4, -0.2) is 33.8 Å². The summed E-state index contributed by atoms with van der Waals surface area (Å²) in [5.74, 6) is 7.06. The topological polar surface area (TPSA) is 58.4 Å². The Bertz CT molecular complexity index is 1000. The highest BCUT2D eigenvalue weighted by Gasteiger charge is 2.56. The van der Waals surface area contributed by atoms with Gasteiger partial charge in [-0.15, -0.1) is 5.21 Å². The molecule has 149 valence electrons. The first-order valence-electron chi connectivity index (χ1n) is 9.43. The van der Waals surface area contributed by atoms with Crippen LogP contribution in [0.1, 0.15) is 44.4 Å². The zero-order chi connectivity index (χ0) is 21.2.